The Kier molecular flexibility index (Phi) is 6.28. The number of aromatic nitrogens is 2. The highest BCUT2D eigenvalue weighted by molar-refractivity contribution is 6.32. The number of nitrogens with zero attached hydrogens (tertiary/aromatic N) is 4. The van der Waals surface area contributed by atoms with E-state index in [1.54, 1.807) is 36.4 Å². The van der Waals surface area contributed by atoms with Crippen molar-refractivity contribution in [2.75, 3.05) is 33.0 Å². The Bertz CT molecular complexity index is 1470. The third-order valence-electron chi connectivity index (χ3n) is 6.66. The summed E-state index contributed by atoms with van der Waals surface area (Å²) in [6, 6.07) is 21.2. The van der Waals surface area contributed by atoms with Crippen molar-refractivity contribution in [1.29, 1.82) is 0 Å². The van der Waals surface area contributed by atoms with Crippen LogP contribution in [0.4, 0.5) is 4.39 Å². The molecule has 1 aromatic heterocycles. The van der Waals surface area contributed by atoms with Gasteiger partial charge in [-0.05, 0) is 48.0 Å². The predicted octanol–water partition coefficient (Wildman–Crippen LogP) is 5.02. The first-order chi connectivity index (χ1) is 18.1. The summed E-state index contributed by atoms with van der Waals surface area (Å²) in [7, 11) is 0. The predicted molar refractivity (Wildman–Crippen MR) is 138 cm³/mol. The van der Waals surface area contributed by atoms with Gasteiger partial charge in [0.1, 0.15) is 11.5 Å². The summed E-state index contributed by atoms with van der Waals surface area (Å²) in [6.07, 6.45) is 0. The summed E-state index contributed by atoms with van der Waals surface area (Å²) in [4.78, 5) is 17.8. The molecule has 3 heterocycles. The molecule has 2 aliphatic rings. The zero-order chi connectivity index (χ0) is 25.4. The van der Waals surface area contributed by atoms with Crippen molar-refractivity contribution in [3.8, 4) is 28.4 Å². The van der Waals surface area contributed by atoms with Crippen molar-refractivity contribution in [2.24, 2.45) is 0 Å². The summed E-state index contributed by atoms with van der Waals surface area (Å²) in [5, 5.41) is 5.05. The third-order valence-corrected chi connectivity index (χ3v) is 6.98. The average Bonchev–Trinajstić information content (AvgIpc) is 3.56. The number of rotatable bonds is 5. The third kappa shape index (κ3) is 4.65. The fourth-order valence-electron chi connectivity index (χ4n) is 4.71. The van der Waals surface area contributed by atoms with Gasteiger partial charge in [0, 0.05) is 38.3 Å². The smallest absolute Gasteiger partial charge is 0.272 e. The molecule has 4 aromatic rings. The molecule has 1 fully saturated rings. The number of amides is 1. The van der Waals surface area contributed by atoms with E-state index in [1.807, 2.05) is 35.2 Å². The van der Waals surface area contributed by atoms with Crippen LogP contribution in [0.25, 0.3) is 16.9 Å². The first-order valence-electron chi connectivity index (χ1n) is 12.1. The number of carbonyl (C=O) groups excluding carboxylic acids is 1. The Morgan fingerprint density at radius 3 is 2.49 bits per heavy atom. The quantitative estimate of drug-likeness (QED) is 0.371. The van der Waals surface area contributed by atoms with E-state index in [1.165, 1.54) is 10.7 Å². The number of hydrogen-bond donors (Lipinski definition) is 0. The van der Waals surface area contributed by atoms with Crippen molar-refractivity contribution in [3.05, 3.63) is 94.9 Å². The molecule has 3 aromatic carbocycles. The molecule has 37 heavy (non-hydrogen) atoms. The van der Waals surface area contributed by atoms with Crippen LogP contribution in [-0.4, -0.2) is 58.5 Å². The SMILES string of the molecule is O=C(c1cc(-c2ccccc2F)nn1-c1ccccc1Cl)N1CCN(Cc2ccc3c(c2)OCO3)CC1. The van der Waals surface area contributed by atoms with Crippen LogP contribution in [0.2, 0.25) is 5.02 Å². The van der Waals surface area contributed by atoms with Crippen LogP contribution >= 0.6 is 11.6 Å². The molecule has 0 spiro atoms. The zero-order valence-electron chi connectivity index (χ0n) is 19.9. The highest BCUT2D eigenvalue weighted by atomic mass is 35.5. The van der Waals surface area contributed by atoms with Gasteiger partial charge in [0.05, 0.1) is 16.4 Å². The number of carbonyl (C=O) groups is 1. The van der Waals surface area contributed by atoms with Crippen LogP contribution in [0.5, 0.6) is 11.5 Å². The molecule has 2 aliphatic heterocycles. The van der Waals surface area contributed by atoms with E-state index in [2.05, 4.69) is 10.00 Å². The summed E-state index contributed by atoms with van der Waals surface area (Å²) in [5.41, 5.74) is 2.75. The monoisotopic (exact) mass is 518 g/mol. The molecule has 0 N–H and O–H groups in total. The van der Waals surface area contributed by atoms with Crippen LogP contribution in [0.15, 0.2) is 72.8 Å². The maximum atomic E-state index is 14.6. The molecule has 6 rings (SSSR count). The number of ether oxygens (including phenoxy) is 2. The maximum absolute atomic E-state index is 14.6. The second-order valence-corrected chi connectivity index (χ2v) is 9.42. The van der Waals surface area contributed by atoms with E-state index in [0.29, 0.717) is 40.8 Å². The van der Waals surface area contributed by atoms with Gasteiger partial charge in [-0.1, -0.05) is 41.9 Å². The number of benzene rings is 3. The summed E-state index contributed by atoms with van der Waals surface area (Å²) < 4.78 is 27.0. The first kappa shape index (κ1) is 23.5. The number of piperazine rings is 1. The van der Waals surface area contributed by atoms with Gasteiger partial charge in [-0.2, -0.15) is 5.10 Å². The molecule has 0 aliphatic carbocycles. The van der Waals surface area contributed by atoms with Gasteiger partial charge in [0.25, 0.3) is 5.91 Å². The number of para-hydroxylation sites is 1. The minimum Gasteiger partial charge on any atom is -0.454 e. The topological polar surface area (TPSA) is 59.8 Å². The first-order valence-corrected chi connectivity index (χ1v) is 12.4. The van der Waals surface area contributed by atoms with E-state index in [0.717, 1.165) is 36.7 Å². The molecular formula is C28H24ClFN4O3. The Morgan fingerprint density at radius 1 is 0.919 bits per heavy atom. The van der Waals surface area contributed by atoms with Crippen LogP contribution in [0.3, 0.4) is 0 Å². The van der Waals surface area contributed by atoms with Crippen molar-refractivity contribution < 1.29 is 18.7 Å². The van der Waals surface area contributed by atoms with Crippen molar-refractivity contribution in [2.45, 2.75) is 6.54 Å². The maximum Gasteiger partial charge on any atom is 0.272 e. The minimum atomic E-state index is -0.401. The lowest BCUT2D eigenvalue weighted by Gasteiger charge is -2.34. The van der Waals surface area contributed by atoms with Gasteiger partial charge >= 0.3 is 0 Å². The molecule has 0 radical (unpaired) electrons. The van der Waals surface area contributed by atoms with Gasteiger partial charge in [-0.3, -0.25) is 9.69 Å². The summed E-state index contributed by atoms with van der Waals surface area (Å²) in [5.74, 6) is 0.967. The van der Waals surface area contributed by atoms with E-state index in [4.69, 9.17) is 21.1 Å². The lowest BCUT2D eigenvalue weighted by Crippen LogP contribution is -2.48. The Balaban J connectivity index is 1.22. The minimum absolute atomic E-state index is 0.169. The molecule has 1 amide bonds. The van der Waals surface area contributed by atoms with E-state index >= 15 is 0 Å². The van der Waals surface area contributed by atoms with Gasteiger partial charge in [0.15, 0.2) is 11.5 Å². The molecule has 0 saturated carbocycles. The molecule has 0 bridgehead atoms. The van der Waals surface area contributed by atoms with Crippen molar-refractivity contribution in [1.82, 2.24) is 19.6 Å². The van der Waals surface area contributed by atoms with Crippen molar-refractivity contribution >= 4 is 17.5 Å². The van der Waals surface area contributed by atoms with Gasteiger partial charge in [0.2, 0.25) is 6.79 Å². The highest BCUT2D eigenvalue weighted by Gasteiger charge is 2.27. The largest absolute Gasteiger partial charge is 0.454 e. The van der Waals surface area contributed by atoms with Gasteiger partial charge in [-0.25, -0.2) is 9.07 Å². The van der Waals surface area contributed by atoms with Crippen LogP contribution in [0.1, 0.15) is 16.1 Å². The Hall–Kier alpha value is -3.88. The lowest BCUT2D eigenvalue weighted by molar-refractivity contribution is 0.0619. The fourth-order valence-corrected chi connectivity index (χ4v) is 4.93. The standard InChI is InChI=1S/C28H24ClFN4O3/c29-21-6-2-4-8-24(21)34-25(16-23(31-34)20-5-1-3-7-22(20)30)28(35)33-13-11-32(12-14-33)17-19-9-10-26-27(15-19)37-18-36-26/h1-10,15-16H,11-14,17-18H2. The highest BCUT2D eigenvalue weighted by Crippen LogP contribution is 2.33. The normalized spacial score (nSPS) is 15.2. The molecule has 9 heteroatoms. The van der Waals surface area contributed by atoms with Gasteiger partial charge in [-0.15, -0.1) is 0 Å². The molecule has 188 valence electrons. The van der Waals surface area contributed by atoms with E-state index in [9.17, 15) is 9.18 Å². The number of halogens is 2. The molecular weight excluding hydrogens is 495 g/mol. The van der Waals surface area contributed by atoms with Crippen molar-refractivity contribution in [3.63, 3.8) is 0 Å². The molecule has 1 saturated heterocycles. The number of fused-ring (bicyclic) bond motifs is 1. The fraction of sp³-hybridized carbons (Fsp3) is 0.214. The number of hydrogen-bond acceptors (Lipinski definition) is 5. The second-order valence-electron chi connectivity index (χ2n) is 9.01. The van der Waals surface area contributed by atoms with Crippen LogP contribution in [0, 0.1) is 5.82 Å². The van der Waals surface area contributed by atoms with E-state index < -0.39 is 5.82 Å². The summed E-state index contributed by atoms with van der Waals surface area (Å²) in [6.45, 7) is 3.58. The lowest BCUT2D eigenvalue weighted by atomic mass is 10.1. The zero-order valence-corrected chi connectivity index (χ0v) is 20.7. The van der Waals surface area contributed by atoms with Gasteiger partial charge < -0.3 is 14.4 Å². The van der Waals surface area contributed by atoms with Crippen LogP contribution < -0.4 is 9.47 Å². The summed E-state index contributed by atoms with van der Waals surface area (Å²) >= 11 is 6.46. The molecule has 0 atom stereocenters. The Labute approximate surface area is 218 Å². The van der Waals surface area contributed by atoms with E-state index in [-0.39, 0.29) is 12.7 Å². The van der Waals surface area contributed by atoms with Crippen LogP contribution in [-0.2, 0) is 6.54 Å². The molecule has 7 nitrogen and oxygen atoms in total. The Morgan fingerprint density at radius 2 is 1.68 bits per heavy atom. The molecule has 0 unspecified atom stereocenters. The second kappa shape index (κ2) is 9.88. The average molecular weight is 519 g/mol.